The Bertz CT molecular complexity index is 873. The quantitative estimate of drug-likeness (QED) is 0.842. The van der Waals surface area contributed by atoms with E-state index in [0.29, 0.717) is 30.9 Å². The highest BCUT2D eigenvalue weighted by molar-refractivity contribution is 7.89. The highest BCUT2D eigenvalue weighted by Crippen LogP contribution is 2.22. The fourth-order valence-corrected chi connectivity index (χ4v) is 4.54. The molecule has 1 heterocycles. The van der Waals surface area contributed by atoms with Crippen molar-refractivity contribution >= 4 is 21.6 Å². The topological polar surface area (TPSA) is 92.5 Å². The van der Waals surface area contributed by atoms with Crippen molar-refractivity contribution in [1.29, 1.82) is 0 Å². The summed E-state index contributed by atoms with van der Waals surface area (Å²) in [4.78, 5) is 12.6. The van der Waals surface area contributed by atoms with Crippen LogP contribution in [0.3, 0.4) is 0 Å². The Morgan fingerprint density at radius 2 is 1.73 bits per heavy atom. The molecule has 2 aromatic carbocycles. The number of anilines is 1. The van der Waals surface area contributed by atoms with Crippen molar-refractivity contribution < 1.29 is 13.2 Å². The Labute approximate surface area is 154 Å². The molecule has 0 bridgehead atoms. The molecule has 6 nitrogen and oxygen atoms in total. The maximum absolute atomic E-state index is 12.8. The van der Waals surface area contributed by atoms with E-state index in [1.165, 1.54) is 16.4 Å². The van der Waals surface area contributed by atoms with Crippen LogP contribution in [-0.4, -0.2) is 31.7 Å². The number of piperidine rings is 1. The molecule has 1 saturated heterocycles. The number of sulfonamides is 1. The summed E-state index contributed by atoms with van der Waals surface area (Å²) in [6.45, 7) is 1.50. The van der Waals surface area contributed by atoms with Gasteiger partial charge in [0.2, 0.25) is 10.0 Å². The number of amides is 1. The molecule has 0 spiro atoms. The lowest BCUT2D eigenvalue weighted by molar-refractivity contribution is 0.102. The Morgan fingerprint density at radius 3 is 2.38 bits per heavy atom. The molecule has 7 heteroatoms. The molecule has 1 amide bonds. The number of carbonyl (C=O) groups is 1. The van der Waals surface area contributed by atoms with Crippen LogP contribution in [0.15, 0.2) is 53.4 Å². The monoisotopic (exact) mass is 373 g/mol. The summed E-state index contributed by atoms with van der Waals surface area (Å²) in [6.07, 6.45) is 2.80. The van der Waals surface area contributed by atoms with E-state index in [9.17, 15) is 13.2 Å². The average molecular weight is 373 g/mol. The molecule has 0 aromatic heterocycles. The SMILES string of the molecule is NCc1ccc(NC(=O)c2cccc(S(=O)(=O)N3CCCCC3)c2)cc1. The molecule has 1 fully saturated rings. The van der Waals surface area contributed by atoms with Crippen LogP contribution in [0.2, 0.25) is 0 Å². The second-order valence-electron chi connectivity index (χ2n) is 6.35. The van der Waals surface area contributed by atoms with Crippen molar-refractivity contribution in [3.05, 3.63) is 59.7 Å². The van der Waals surface area contributed by atoms with Gasteiger partial charge in [0.15, 0.2) is 0 Å². The maximum atomic E-state index is 12.8. The first kappa shape index (κ1) is 18.6. The molecule has 0 unspecified atom stereocenters. The lowest BCUT2D eigenvalue weighted by atomic mass is 10.2. The summed E-state index contributed by atoms with van der Waals surface area (Å²) in [5, 5.41) is 2.78. The summed E-state index contributed by atoms with van der Waals surface area (Å²) in [5.74, 6) is -0.346. The second kappa shape index (κ2) is 7.99. The average Bonchev–Trinajstić information content (AvgIpc) is 2.69. The van der Waals surface area contributed by atoms with E-state index in [0.717, 1.165) is 24.8 Å². The summed E-state index contributed by atoms with van der Waals surface area (Å²) < 4.78 is 27.0. The van der Waals surface area contributed by atoms with Gasteiger partial charge in [0.05, 0.1) is 4.90 Å². The molecule has 26 heavy (non-hydrogen) atoms. The molecule has 0 atom stereocenters. The zero-order valence-corrected chi connectivity index (χ0v) is 15.3. The minimum Gasteiger partial charge on any atom is -0.326 e. The molecule has 0 aliphatic carbocycles. The van der Waals surface area contributed by atoms with Crippen LogP contribution in [0.1, 0.15) is 35.2 Å². The molecule has 1 aliphatic rings. The maximum Gasteiger partial charge on any atom is 0.255 e. The van der Waals surface area contributed by atoms with Gasteiger partial charge in [-0.2, -0.15) is 4.31 Å². The number of nitrogens with one attached hydrogen (secondary N) is 1. The van der Waals surface area contributed by atoms with Crippen molar-refractivity contribution in [3.63, 3.8) is 0 Å². The number of carbonyl (C=O) groups excluding carboxylic acids is 1. The Balaban J connectivity index is 1.78. The van der Waals surface area contributed by atoms with Crippen LogP contribution in [0, 0.1) is 0 Å². The number of rotatable bonds is 5. The van der Waals surface area contributed by atoms with Crippen LogP contribution in [0.25, 0.3) is 0 Å². The lowest BCUT2D eigenvalue weighted by Gasteiger charge is -2.26. The van der Waals surface area contributed by atoms with Crippen LogP contribution in [0.5, 0.6) is 0 Å². The van der Waals surface area contributed by atoms with Gasteiger partial charge in [0, 0.05) is 30.9 Å². The Morgan fingerprint density at radius 1 is 1.04 bits per heavy atom. The fourth-order valence-electron chi connectivity index (χ4n) is 2.98. The van der Waals surface area contributed by atoms with Crippen molar-refractivity contribution in [2.75, 3.05) is 18.4 Å². The molecular weight excluding hydrogens is 350 g/mol. The molecule has 0 saturated carbocycles. The number of benzene rings is 2. The summed E-state index contributed by atoms with van der Waals surface area (Å²) >= 11 is 0. The Hall–Kier alpha value is -2.22. The third-order valence-corrected chi connectivity index (χ3v) is 6.39. The molecule has 0 radical (unpaired) electrons. The van der Waals surface area contributed by atoms with Gasteiger partial charge in [-0.3, -0.25) is 4.79 Å². The minimum atomic E-state index is -3.56. The van der Waals surface area contributed by atoms with E-state index >= 15 is 0 Å². The van der Waals surface area contributed by atoms with Gasteiger partial charge in [-0.15, -0.1) is 0 Å². The van der Waals surface area contributed by atoms with E-state index in [1.54, 1.807) is 24.3 Å². The van der Waals surface area contributed by atoms with Gasteiger partial charge in [-0.05, 0) is 48.7 Å². The number of nitrogens with two attached hydrogens (primary N) is 1. The number of hydrogen-bond acceptors (Lipinski definition) is 4. The van der Waals surface area contributed by atoms with E-state index in [2.05, 4.69) is 5.32 Å². The zero-order valence-electron chi connectivity index (χ0n) is 14.5. The van der Waals surface area contributed by atoms with Gasteiger partial charge in [0.25, 0.3) is 5.91 Å². The first-order valence-electron chi connectivity index (χ1n) is 8.71. The van der Waals surface area contributed by atoms with E-state index in [4.69, 9.17) is 5.73 Å². The first-order valence-corrected chi connectivity index (χ1v) is 10.2. The highest BCUT2D eigenvalue weighted by Gasteiger charge is 2.26. The third-order valence-electron chi connectivity index (χ3n) is 4.50. The molecular formula is C19H23N3O3S. The third kappa shape index (κ3) is 4.12. The van der Waals surface area contributed by atoms with Gasteiger partial charge in [-0.25, -0.2) is 8.42 Å². The minimum absolute atomic E-state index is 0.158. The van der Waals surface area contributed by atoms with E-state index in [-0.39, 0.29) is 10.8 Å². The molecule has 1 aliphatic heterocycles. The van der Waals surface area contributed by atoms with Crippen LogP contribution < -0.4 is 11.1 Å². The highest BCUT2D eigenvalue weighted by atomic mass is 32.2. The zero-order chi connectivity index (χ0) is 18.6. The van der Waals surface area contributed by atoms with Gasteiger partial charge in [0.1, 0.15) is 0 Å². The lowest BCUT2D eigenvalue weighted by Crippen LogP contribution is -2.35. The number of nitrogens with zero attached hydrogens (tertiary/aromatic N) is 1. The number of hydrogen-bond donors (Lipinski definition) is 2. The van der Waals surface area contributed by atoms with Crippen molar-refractivity contribution in [1.82, 2.24) is 4.31 Å². The van der Waals surface area contributed by atoms with Crippen LogP contribution >= 0.6 is 0 Å². The molecule has 2 aromatic rings. The second-order valence-corrected chi connectivity index (χ2v) is 8.29. The Kier molecular flexibility index (Phi) is 5.70. The van der Waals surface area contributed by atoms with Crippen molar-refractivity contribution in [2.24, 2.45) is 5.73 Å². The molecule has 3 N–H and O–H groups in total. The largest absolute Gasteiger partial charge is 0.326 e. The van der Waals surface area contributed by atoms with E-state index in [1.807, 2.05) is 12.1 Å². The summed E-state index contributed by atoms with van der Waals surface area (Å²) in [6, 6.07) is 13.4. The molecule has 3 rings (SSSR count). The van der Waals surface area contributed by atoms with Crippen LogP contribution in [-0.2, 0) is 16.6 Å². The van der Waals surface area contributed by atoms with Crippen LogP contribution in [0.4, 0.5) is 5.69 Å². The smallest absolute Gasteiger partial charge is 0.255 e. The predicted octanol–water partition coefficient (Wildman–Crippen LogP) is 2.57. The fraction of sp³-hybridized carbons (Fsp3) is 0.316. The van der Waals surface area contributed by atoms with Crippen molar-refractivity contribution in [2.45, 2.75) is 30.7 Å². The van der Waals surface area contributed by atoms with Gasteiger partial charge in [-0.1, -0.05) is 24.6 Å². The van der Waals surface area contributed by atoms with Crippen molar-refractivity contribution in [3.8, 4) is 0 Å². The summed E-state index contributed by atoms with van der Waals surface area (Å²) in [7, 11) is -3.56. The summed E-state index contributed by atoms with van der Waals surface area (Å²) in [5.41, 5.74) is 7.48. The predicted molar refractivity (Wildman–Crippen MR) is 101 cm³/mol. The van der Waals surface area contributed by atoms with E-state index < -0.39 is 10.0 Å². The first-order chi connectivity index (χ1) is 12.5. The normalized spacial score (nSPS) is 15.6. The molecule has 138 valence electrons. The standard InChI is InChI=1S/C19H23N3O3S/c20-14-15-7-9-17(10-8-15)21-19(23)16-5-4-6-18(13-16)26(24,25)22-11-2-1-3-12-22/h4-10,13H,1-3,11-12,14,20H2,(H,21,23). The van der Waals surface area contributed by atoms with Gasteiger partial charge >= 0.3 is 0 Å². The van der Waals surface area contributed by atoms with Gasteiger partial charge < -0.3 is 11.1 Å².